The number of thiophene rings is 1. The van der Waals surface area contributed by atoms with Crippen molar-refractivity contribution in [1.29, 1.82) is 5.26 Å². The summed E-state index contributed by atoms with van der Waals surface area (Å²) in [6.07, 6.45) is 0. The molecule has 86 valence electrons. The number of anilines is 1. The quantitative estimate of drug-likeness (QED) is 0.822. The molecule has 0 unspecified atom stereocenters. The third kappa shape index (κ3) is 2.66. The van der Waals surface area contributed by atoms with Crippen molar-refractivity contribution in [3.63, 3.8) is 0 Å². The fourth-order valence-electron chi connectivity index (χ4n) is 1.81. The van der Waals surface area contributed by atoms with Gasteiger partial charge < -0.3 is 4.90 Å². The molecule has 17 heavy (non-hydrogen) atoms. The van der Waals surface area contributed by atoms with Crippen LogP contribution in [-0.4, -0.2) is 7.05 Å². The molecule has 3 heteroatoms. The minimum atomic E-state index is 0.739. The van der Waals surface area contributed by atoms with E-state index in [1.807, 2.05) is 32.2 Å². The summed E-state index contributed by atoms with van der Waals surface area (Å²) in [6.45, 7) is 2.84. The highest BCUT2D eigenvalue weighted by Gasteiger charge is 2.08. The summed E-state index contributed by atoms with van der Waals surface area (Å²) >= 11 is 1.70. The molecule has 2 nitrogen and oxygen atoms in total. The van der Waals surface area contributed by atoms with Crippen LogP contribution in [0.1, 0.15) is 16.7 Å². The first-order valence-corrected chi connectivity index (χ1v) is 6.38. The average Bonchev–Trinajstić information content (AvgIpc) is 2.81. The van der Waals surface area contributed by atoms with E-state index < -0.39 is 0 Å². The number of rotatable bonds is 3. The lowest BCUT2D eigenvalue weighted by Crippen LogP contribution is -2.17. The maximum atomic E-state index is 9.14. The summed E-state index contributed by atoms with van der Waals surface area (Å²) in [7, 11) is 2.02. The highest BCUT2D eigenvalue weighted by Crippen LogP contribution is 2.22. The maximum absolute atomic E-state index is 9.14. The van der Waals surface area contributed by atoms with Crippen LogP contribution < -0.4 is 4.90 Å². The van der Waals surface area contributed by atoms with Crippen molar-refractivity contribution < 1.29 is 0 Å². The molecule has 1 aromatic heterocycles. The van der Waals surface area contributed by atoms with Gasteiger partial charge in [-0.3, -0.25) is 0 Å². The first-order valence-electron chi connectivity index (χ1n) is 5.43. The van der Waals surface area contributed by atoms with Gasteiger partial charge >= 0.3 is 0 Å². The Morgan fingerprint density at radius 1 is 1.35 bits per heavy atom. The topological polar surface area (TPSA) is 27.0 Å². The maximum Gasteiger partial charge on any atom is 0.101 e. The van der Waals surface area contributed by atoms with Crippen LogP contribution in [0.5, 0.6) is 0 Å². The van der Waals surface area contributed by atoms with E-state index in [9.17, 15) is 0 Å². The van der Waals surface area contributed by atoms with Gasteiger partial charge in [-0.05, 0) is 47.0 Å². The third-order valence-corrected chi connectivity index (χ3v) is 3.42. The largest absolute Gasteiger partial charge is 0.369 e. The van der Waals surface area contributed by atoms with Crippen molar-refractivity contribution in [2.75, 3.05) is 11.9 Å². The van der Waals surface area contributed by atoms with Gasteiger partial charge in [0.2, 0.25) is 0 Å². The first kappa shape index (κ1) is 11.7. The van der Waals surface area contributed by atoms with E-state index in [4.69, 9.17) is 5.26 Å². The van der Waals surface area contributed by atoms with Crippen LogP contribution in [0.4, 0.5) is 5.69 Å². The van der Waals surface area contributed by atoms with Crippen molar-refractivity contribution in [3.8, 4) is 6.07 Å². The van der Waals surface area contributed by atoms with Crippen LogP contribution in [-0.2, 0) is 6.54 Å². The van der Waals surface area contributed by atoms with E-state index in [-0.39, 0.29) is 0 Å². The second-order valence-corrected chi connectivity index (χ2v) is 4.90. The zero-order chi connectivity index (χ0) is 12.3. The fourth-order valence-corrected chi connectivity index (χ4v) is 2.47. The Kier molecular flexibility index (Phi) is 3.46. The molecule has 0 spiro atoms. The molecule has 0 aliphatic carbocycles. The Hall–Kier alpha value is -1.79. The van der Waals surface area contributed by atoms with Gasteiger partial charge in [0.25, 0.3) is 0 Å². The summed E-state index contributed by atoms with van der Waals surface area (Å²) in [5.74, 6) is 0. The molecular formula is C14H14N2S. The first-order chi connectivity index (χ1) is 8.20. The Labute approximate surface area is 106 Å². The van der Waals surface area contributed by atoms with Crippen LogP contribution >= 0.6 is 11.3 Å². The van der Waals surface area contributed by atoms with Gasteiger partial charge in [-0.25, -0.2) is 0 Å². The van der Waals surface area contributed by atoms with E-state index in [0.717, 1.165) is 23.4 Å². The van der Waals surface area contributed by atoms with Crippen molar-refractivity contribution in [2.45, 2.75) is 13.5 Å². The molecule has 0 saturated carbocycles. The molecular weight excluding hydrogens is 228 g/mol. The smallest absolute Gasteiger partial charge is 0.101 e. The molecule has 0 radical (unpaired) electrons. The van der Waals surface area contributed by atoms with Crippen molar-refractivity contribution in [1.82, 2.24) is 0 Å². The van der Waals surface area contributed by atoms with Crippen molar-refractivity contribution in [2.24, 2.45) is 0 Å². The molecule has 0 N–H and O–H groups in total. The van der Waals surface area contributed by atoms with E-state index in [2.05, 4.69) is 27.8 Å². The van der Waals surface area contributed by atoms with Gasteiger partial charge in [-0.1, -0.05) is 6.07 Å². The van der Waals surface area contributed by atoms with E-state index in [1.165, 1.54) is 5.56 Å². The van der Waals surface area contributed by atoms with Crippen molar-refractivity contribution >= 4 is 17.0 Å². The van der Waals surface area contributed by atoms with E-state index >= 15 is 0 Å². The third-order valence-electron chi connectivity index (χ3n) is 2.68. The minimum absolute atomic E-state index is 0.739. The Morgan fingerprint density at radius 3 is 2.82 bits per heavy atom. The molecule has 0 fully saturated rings. The molecule has 0 atom stereocenters. The molecule has 0 bridgehead atoms. The van der Waals surface area contributed by atoms with Gasteiger partial charge in [0.1, 0.15) is 6.07 Å². The van der Waals surface area contributed by atoms with Crippen LogP contribution in [0.3, 0.4) is 0 Å². The summed E-state index contributed by atoms with van der Waals surface area (Å²) in [6, 6.07) is 10.4. The van der Waals surface area contributed by atoms with E-state index in [0.29, 0.717) is 0 Å². The predicted octanol–water partition coefficient (Wildman–Crippen LogP) is 3.56. The monoisotopic (exact) mass is 242 g/mol. The van der Waals surface area contributed by atoms with Crippen LogP contribution in [0.25, 0.3) is 0 Å². The second kappa shape index (κ2) is 5.03. The molecule has 1 aromatic carbocycles. The number of hydrogen-bond acceptors (Lipinski definition) is 3. The molecule has 0 saturated heterocycles. The van der Waals surface area contributed by atoms with Crippen molar-refractivity contribution in [3.05, 3.63) is 51.7 Å². The summed E-state index contributed by atoms with van der Waals surface area (Å²) < 4.78 is 0. The molecule has 0 aliphatic rings. The predicted molar refractivity (Wildman–Crippen MR) is 72.3 cm³/mol. The summed E-state index contributed by atoms with van der Waals surface area (Å²) in [4.78, 5) is 2.11. The zero-order valence-corrected chi connectivity index (χ0v) is 10.8. The fraction of sp³-hybridized carbons (Fsp3) is 0.214. The lowest BCUT2D eigenvalue weighted by molar-refractivity contribution is 0.925. The Morgan fingerprint density at radius 2 is 2.18 bits per heavy atom. The summed E-state index contributed by atoms with van der Waals surface area (Å²) in [5, 5.41) is 13.4. The summed E-state index contributed by atoms with van der Waals surface area (Å²) in [5.41, 5.74) is 4.13. The van der Waals surface area contributed by atoms with Crippen LogP contribution in [0.2, 0.25) is 0 Å². The van der Waals surface area contributed by atoms with Gasteiger partial charge in [0, 0.05) is 13.6 Å². The lowest BCUT2D eigenvalue weighted by atomic mass is 10.1. The van der Waals surface area contributed by atoms with Crippen LogP contribution in [0, 0.1) is 18.3 Å². The zero-order valence-electron chi connectivity index (χ0n) is 9.97. The minimum Gasteiger partial charge on any atom is -0.369 e. The average molecular weight is 242 g/mol. The van der Waals surface area contributed by atoms with E-state index in [1.54, 1.807) is 11.3 Å². The highest BCUT2D eigenvalue weighted by atomic mass is 32.1. The standard InChI is InChI=1S/C14H14N2S/c1-11-3-4-14(13(7-11)8-15)16(2)9-12-5-6-17-10-12/h3-7,10H,9H2,1-2H3. The lowest BCUT2D eigenvalue weighted by Gasteiger charge is -2.20. The molecule has 2 aromatic rings. The molecule has 0 amide bonds. The number of nitriles is 1. The number of hydrogen-bond donors (Lipinski definition) is 0. The number of benzene rings is 1. The highest BCUT2D eigenvalue weighted by molar-refractivity contribution is 7.07. The van der Waals surface area contributed by atoms with Gasteiger partial charge in [0.15, 0.2) is 0 Å². The SMILES string of the molecule is Cc1ccc(N(C)Cc2ccsc2)c(C#N)c1. The Balaban J connectivity index is 2.25. The number of nitrogens with zero attached hydrogens (tertiary/aromatic N) is 2. The molecule has 2 rings (SSSR count). The van der Waals surface area contributed by atoms with Gasteiger partial charge in [0.05, 0.1) is 11.3 Å². The van der Waals surface area contributed by atoms with Gasteiger partial charge in [-0.2, -0.15) is 16.6 Å². The number of aryl methyl sites for hydroxylation is 1. The second-order valence-electron chi connectivity index (χ2n) is 4.12. The normalized spacial score (nSPS) is 9.94. The Bertz CT molecular complexity index is 538. The van der Waals surface area contributed by atoms with Gasteiger partial charge in [-0.15, -0.1) is 0 Å². The molecule has 1 heterocycles. The molecule has 0 aliphatic heterocycles. The van der Waals surface area contributed by atoms with Crippen LogP contribution in [0.15, 0.2) is 35.0 Å².